The van der Waals surface area contributed by atoms with Gasteiger partial charge in [0.05, 0.1) is 24.5 Å². The molecule has 35 heavy (non-hydrogen) atoms. The van der Waals surface area contributed by atoms with Gasteiger partial charge in [-0.1, -0.05) is 6.92 Å². The zero-order chi connectivity index (χ0) is 25.1. The number of hydrogen-bond donors (Lipinski definition) is 2. The summed E-state index contributed by atoms with van der Waals surface area (Å²) >= 11 is 0. The molecule has 0 spiro atoms. The highest BCUT2D eigenvalue weighted by atomic mass is 19.1. The molecule has 2 aliphatic rings. The molecule has 4 rings (SSSR count). The molecular weight excluding hydrogens is 445 g/mol. The van der Waals surface area contributed by atoms with Gasteiger partial charge in [-0.05, 0) is 51.8 Å². The van der Waals surface area contributed by atoms with Gasteiger partial charge in [-0.2, -0.15) is 10.2 Å². The Hall–Kier alpha value is -3.69. The summed E-state index contributed by atoms with van der Waals surface area (Å²) in [7, 11) is 0. The molecule has 9 nitrogen and oxygen atoms in total. The largest absolute Gasteiger partial charge is 0.362 e. The molecular formula is C25H34FN9. The Bertz CT molecular complexity index is 1210. The summed E-state index contributed by atoms with van der Waals surface area (Å²) < 4.78 is 14.8. The van der Waals surface area contributed by atoms with Gasteiger partial charge in [-0.25, -0.2) is 14.4 Å². The van der Waals surface area contributed by atoms with Crippen LogP contribution in [0.5, 0.6) is 0 Å². The van der Waals surface area contributed by atoms with E-state index in [9.17, 15) is 4.39 Å². The SMILES string of the molecule is C=NN(/C=C(\C)c1nc(N[C@H](C)C2=CN3C=CC(C)=CC3N2)c2c(cnn2C(C)CC)n1)CCF. The van der Waals surface area contributed by atoms with E-state index in [2.05, 4.69) is 84.7 Å². The van der Waals surface area contributed by atoms with Crippen LogP contribution in [-0.2, 0) is 0 Å². The molecule has 2 unspecified atom stereocenters. The number of nitrogens with one attached hydrogen (secondary N) is 2. The number of aromatic nitrogens is 4. The molecule has 2 aromatic rings. The Balaban J connectivity index is 1.70. The van der Waals surface area contributed by atoms with Crippen LogP contribution in [0.2, 0.25) is 0 Å². The number of rotatable bonds is 10. The average molecular weight is 480 g/mol. The molecule has 0 aromatic carbocycles. The molecule has 3 atom stereocenters. The van der Waals surface area contributed by atoms with Gasteiger partial charge < -0.3 is 15.5 Å². The fourth-order valence-corrected chi connectivity index (χ4v) is 4.11. The lowest BCUT2D eigenvalue weighted by molar-refractivity contribution is 0.341. The van der Waals surface area contributed by atoms with Crippen molar-refractivity contribution >= 4 is 29.1 Å². The number of alkyl halides is 1. The zero-order valence-electron chi connectivity index (χ0n) is 21.0. The van der Waals surface area contributed by atoms with E-state index in [0.717, 1.165) is 28.7 Å². The topological polar surface area (TPSA) is 86.5 Å². The normalized spacial score (nSPS) is 19.1. The van der Waals surface area contributed by atoms with Crippen LogP contribution in [0.25, 0.3) is 16.6 Å². The highest BCUT2D eigenvalue weighted by Gasteiger charge is 2.26. The third-order valence-corrected chi connectivity index (χ3v) is 6.32. The number of nitrogens with zero attached hydrogens (tertiary/aromatic N) is 7. The Morgan fingerprint density at radius 2 is 2.20 bits per heavy atom. The van der Waals surface area contributed by atoms with Crippen molar-refractivity contribution in [3.05, 3.63) is 54.0 Å². The molecule has 0 aliphatic carbocycles. The molecule has 2 aliphatic heterocycles. The van der Waals surface area contributed by atoms with Crippen LogP contribution in [0, 0.1) is 0 Å². The van der Waals surface area contributed by atoms with Crippen molar-refractivity contribution in [3.63, 3.8) is 0 Å². The molecule has 4 heterocycles. The number of fused-ring (bicyclic) bond motifs is 2. The second-order valence-corrected chi connectivity index (χ2v) is 8.99. The van der Waals surface area contributed by atoms with E-state index in [4.69, 9.17) is 9.97 Å². The maximum absolute atomic E-state index is 12.9. The maximum Gasteiger partial charge on any atom is 0.159 e. The molecule has 0 radical (unpaired) electrons. The lowest BCUT2D eigenvalue weighted by Crippen LogP contribution is -2.35. The molecule has 0 saturated heterocycles. The first kappa shape index (κ1) is 24.4. The maximum atomic E-state index is 12.9. The Morgan fingerprint density at radius 1 is 1.40 bits per heavy atom. The van der Waals surface area contributed by atoms with Crippen LogP contribution in [-0.4, -0.2) is 61.8 Å². The summed E-state index contributed by atoms with van der Waals surface area (Å²) in [5, 5.41) is 17.1. The van der Waals surface area contributed by atoms with Crippen molar-refractivity contribution in [2.75, 3.05) is 18.5 Å². The van der Waals surface area contributed by atoms with E-state index in [-0.39, 0.29) is 24.8 Å². The van der Waals surface area contributed by atoms with Crippen molar-refractivity contribution < 1.29 is 4.39 Å². The number of allylic oxidation sites excluding steroid dienone is 3. The van der Waals surface area contributed by atoms with E-state index in [1.807, 2.05) is 11.6 Å². The molecule has 2 aromatic heterocycles. The van der Waals surface area contributed by atoms with Crippen molar-refractivity contribution in [2.24, 2.45) is 5.10 Å². The first-order valence-corrected chi connectivity index (χ1v) is 12.0. The van der Waals surface area contributed by atoms with Gasteiger partial charge in [0, 0.05) is 36.9 Å². The standard InChI is InChI=1S/C25H34FN9/c1-7-18(4)35-23-20(13-28-35)31-24(17(3)14-34(27-6)11-9-26)32-25(23)29-19(5)21-15-33-10-8-16(2)12-22(33)30-21/h8,10,12-15,18-19,22,30H,6-7,9,11H2,1-5H3,(H,29,31,32)/b17-14+/t18?,19-,22?/m1/s1. The summed E-state index contributed by atoms with van der Waals surface area (Å²) in [5.74, 6) is 1.22. The molecule has 0 fully saturated rings. The molecule has 0 amide bonds. The van der Waals surface area contributed by atoms with Crippen LogP contribution >= 0.6 is 0 Å². The number of hydrazone groups is 1. The number of anilines is 1. The van der Waals surface area contributed by atoms with Gasteiger partial charge in [-0.3, -0.25) is 9.69 Å². The minimum Gasteiger partial charge on any atom is -0.362 e. The van der Waals surface area contributed by atoms with Crippen molar-refractivity contribution in [2.45, 2.75) is 59.3 Å². The second kappa shape index (κ2) is 10.3. The Kier molecular flexibility index (Phi) is 7.18. The fourth-order valence-electron chi connectivity index (χ4n) is 4.11. The van der Waals surface area contributed by atoms with Crippen molar-refractivity contribution in [1.82, 2.24) is 35.0 Å². The number of halogens is 1. The highest BCUT2D eigenvalue weighted by molar-refractivity contribution is 5.87. The minimum absolute atomic E-state index is 0.0453. The molecule has 186 valence electrons. The van der Waals surface area contributed by atoms with E-state index >= 15 is 0 Å². The van der Waals surface area contributed by atoms with Crippen LogP contribution in [0.15, 0.2) is 53.3 Å². The van der Waals surface area contributed by atoms with Crippen LogP contribution in [0.1, 0.15) is 52.9 Å². The first-order valence-electron chi connectivity index (χ1n) is 12.0. The lowest BCUT2D eigenvalue weighted by Gasteiger charge is -2.23. The summed E-state index contributed by atoms with van der Waals surface area (Å²) in [6, 6.07) is 0.145. The quantitative estimate of drug-likeness (QED) is 0.386. The Labute approximate surface area is 205 Å². The zero-order valence-corrected chi connectivity index (χ0v) is 21.0. The van der Waals surface area contributed by atoms with Gasteiger partial charge in [0.1, 0.15) is 23.9 Å². The fraction of sp³-hybridized carbons (Fsp3) is 0.440. The highest BCUT2D eigenvalue weighted by Crippen LogP contribution is 2.29. The van der Waals surface area contributed by atoms with Crippen molar-refractivity contribution in [1.29, 1.82) is 0 Å². The van der Waals surface area contributed by atoms with Crippen LogP contribution < -0.4 is 10.6 Å². The van der Waals surface area contributed by atoms with Gasteiger partial charge >= 0.3 is 0 Å². The molecule has 10 heteroatoms. The van der Waals surface area contributed by atoms with E-state index in [0.29, 0.717) is 11.6 Å². The summed E-state index contributed by atoms with van der Waals surface area (Å²) in [6.07, 6.45) is 13.0. The van der Waals surface area contributed by atoms with E-state index in [1.165, 1.54) is 10.6 Å². The molecule has 2 N–H and O–H groups in total. The predicted molar refractivity (Wildman–Crippen MR) is 139 cm³/mol. The summed E-state index contributed by atoms with van der Waals surface area (Å²) in [6.45, 7) is 13.4. The van der Waals surface area contributed by atoms with Crippen LogP contribution in [0.4, 0.5) is 10.2 Å². The Morgan fingerprint density at radius 3 is 2.91 bits per heavy atom. The lowest BCUT2D eigenvalue weighted by atomic mass is 10.2. The van der Waals surface area contributed by atoms with E-state index in [1.54, 1.807) is 12.4 Å². The number of hydrogen-bond acceptors (Lipinski definition) is 8. The average Bonchev–Trinajstić information content (AvgIpc) is 3.47. The van der Waals surface area contributed by atoms with Crippen molar-refractivity contribution in [3.8, 4) is 0 Å². The van der Waals surface area contributed by atoms with Gasteiger partial charge in [0.2, 0.25) is 0 Å². The molecule has 0 saturated carbocycles. The van der Waals surface area contributed by atoms with Gasteiger partial charge in [0.25, 0.3) is 0 Å². The van der Waals surface area contributed by atoms with Gasteiger partial charge in [0.15, 0.2) is 11.6 Å². The third-order valence-electron chi connectivity index (χ3n) is 6.32. The monoisotopic (exact) mass is 479 g/mol. The molecule has 0 bridgehead atoms. The minimum atomic E-state index is -0.529. The third kappa shape index (κ3) is 5.06. The summed E-state index contributed by atoms with van der Waals surface area (Å²) in [4.78, 5) is 11.8. The first-order chi connectivity index (χ1) is 16.8. The van der Waals surface area contributed by atoms with Gasteiger partial charge in [-0.15, -0.1) is 0 Å². The smallest absolute Gasteiger partial charge is 0.159 e. The predicted octanol–water partition coefficient (Wildman–Crippen LogP) is 4.39. The van der Waals surface area contributed by atoms with Crippen LogP contribution in [0.3, 0.4) is 0 Å². The van der Waals surface area contributed by atoms with E-state index < -0.39 is 6.67 Å². The second-order valence-electron chi connectivity index (χ2n) is 8.99. The summed E-state index contributed by atoms with van der Waals surface area (Å²) in [5.41, 5.74) is 4.64.